The largest absolute Gasteiger partial charge is 0.502 e. The van der Waals surface area contributed by atoms with Crippen LogP contribution in [0.25, 0.3) is 0 Å². The van der Waals surface area contributed by atoms with E-state index >= 15 is 0 Å². The first kappa shape index (κ1) is 20.1. The van der Waals surface area contributed by atoms with Crippen molar-refractivity contribution in [3.8, 4) is 11.5 Å². The Balaban J connectivity index is 1.84. The minimum absolute atomic E-state index is 0.0234. The van der Waals surface area contributed by atoms with Crippen LogP contribution in [-0.4, -0.2) is 55.1 Å². The molecule has 0 spiro atoms. The van der Waals surface area contributed by atoms with Crippen LogP contribution in [0.2, 0.25) is 0 Å². The summed E-state index contributed by atoms with van der Waals surface area (Å²) in [6.45, 7) is -0.775. The molecule has 28 heavy (non-hydrogen) atoms. The van der Waals surface area contributed by atoms with Crippen LogP contribution >= 0.6 is 19.2 Å². The third kappa shape index (κ3) is 3.55. The second-order valence-corrected chi connectivity index (χ2v) is 7.68. The van der Waals surface area contributed by atoms with Crippen LogP contribution in [0.5, 0.6) is 11.5 Å². The first-order chi connectivity index (χ1) is 13.0. The molecule has 16 heteroatoms. The van der Waals surface area contributed by atoms with Gasteiger partial charge in [0.05, 0.1) is 12.4 Å². The fourth-order valence-corrected chi connectivity index (χ4v) is 3.35. The van der Waals surface area contributed by atoms with E-state index in [2.05, 4.69) is 20.4 Å². The number of aromatic hydroxyl groups is 2. The maximum absolute atomic E-state index is 11.2. The van der Waals surface area contributed by atoms with Crippen LogP contribution in [0.15, 0.2) is 20.9 Å². The number of aliphatic imine (C=N–C) groups is 1. The summed E-state index contributed by atoms with van der Waals surface area (Å²) in [6, 6.07) is 0. The Bertz CT molecular complexity index is 925. The average molecular weight is 440 g/mol. The van der Waals surface area contributed by atoms with Crippen molar-refractivity contribution in [1.29, 1.82) is 0 Å². The zero-order valence-corrected chi connectivity index (χ0v) is 15.4. The zero-order chi connectivity index (χ0) is 20.8. The summed E-state index contributed by atoms with van der Waals surface area (Å²) in [5, 5.41) is 34.7. The molecular weight excluding hydrogens is 425 g/mol. The Morgan fingerprint density at radius 2 is 2.14 bits per heavy atom. The summed E-state index contributed by atoms with van der Waals surface area (Å²) < 4.78 is 21.1. The number of nitrogens with one attached hydrogen (secondary N) is 2. The molecule has 0 bridgehead atoms. The standard InChI is InChI=1S/C12H15ClN5O9P/c13-12-16-7(14)4-8(17-12)18(2-15-4)9-6(20)5(19)3(27-9)1-26-11(10(21)22)28(23,24)25/h8,11,15,19-20H,1-2,14H2,(H,16,17)(H,21,22)(H2,23,24,25)/t8-,11-/m1/s1. The molecule has 3 heterocycles. The number of fused-ring (bicyclic) bond motifs is 1. The SMILES string of the molecule is NC1=C2NCN(c3oc(CO[C@@H](C(=O)O)P(=O)(O)O)c(O)c3O)[C@H]2NC(Cl)=N1. The maximum Gasteiger partial charge on any atom is 0.365 e. The van der Waals surface area contributed by atoms with E-state index < -0.39 is 49.4 Å². The van der Waals surface area contributed by atoms with E-state index in [-0.39, 0.29) is 23.7 Å². The minimum Gasteiger partial charge on any atom is -0.502 e. The number of nitrogens with zero attached hydrogens (tertiary/aromatic N) is 2. The lowest BCUT2D eigenvalue weighted by atomic mass is 10.3. The van der Waals surface area contributed by atoms with Gasteiger partial charge in [-0.05, 0) is 11.6 Å². The van der Waals surface area contributed by atoms with E-state index in [1.807, 2.05) is 0 Å². The van der Waals surface area contributed by atoms with Gasteiger partial charge in [0.2, 0.25) is 17.4 Å². The van der Waals surface area contributed by atoms with Gasteiger partial charge in [0.1, 0.15) is 18.6 Å². The number of carboxylic acid groups (broad SMARTS) is 1. The molecule has 1 fully saturated rings. The molecule has 1 aromatic rings. The van der Waals surface area contributed by atoms with Gasteiger partial charge >= 0.3 is 13.6 Å². The minimum atomic E-state index is -5.13. The molecule has 1 saturated heterocycles. The highest BCUT2D eigenvalue weighted by atomic mass is 35.5. The highest BCUT2D eigenvalue weighted by molar-refractivity contribution is 7.53. The Hall–Kier alpha value is -2.64. The first-order valence-electron chi connectivity index (χ1n) is 7.44. The van der Waals surface area contributed by atoms with Crippen LogP contribution in [0, 0.1) is 0 Å². The van der Waals surface area contributed by atoms with Crippen LogP contribution in [0.1, 0.15) is 5.76 Å². The van der Waals surface area contributed by atoms with Crippen molar-refractivity contribution in [2.75, 3.05) is 11.6 Å². The van der Waals surface area contributed by atoms with Crippen molar-refractivity contribution in [2.45, 2.75) is 18.6 Å². The van der Waals surface area contributed by atoms with Gasteiger partial charge in [0, 0.05) is 0 Å². The third-order valence-electron chi connectivity index (χ3n) is 3.84. The fourth-order valence-electron chi connectivity index (χ4n) is 2.60. The molecule has 2 aliphatic rings. The summed E-state index contributed by atoms with van der Waals surface area (Å²) in [6.07, 6.45) is -0.711. The zero-order valence-electron chi connectivity index (χ0n) is 13.7. The normalized spacial score (nSPS) is 20.3. The molecule has 3 rings (SSSR count). The number of hydrogen-bond donors (Lipinski definition) is 8. The third-order valence-corrected chi connectivity index (χ3v) is 5.01. The van der Waals surface area contributed by atoms with Gasteiger partial charge in [0.15, 0.2) is 11.1 Å². The van der Waals surface area contributed by atoms with E-state index in [1.165, 1.54) is 4.90 Å². The van der Waals surface area contributed by atoms with Crippen LogP contribution in [0.3, 0.4) is 0 Å². The molecule has 0 saturated carbocycles. The summed E-state index contributed by atoms with van der Waals surface area (Å²) in [4.78, 5) is 34.2. The van der Waals surface area contributed by atoms with Gasteiger partial charge in [-0.1, -0.05) is 0 Å². The lowest BCUT2D eigenvalue weighted by molar-refractivity contribution is -0.146. The van der Waals surface area contributed by atoms with Crippen LogP contribution in [-0.2, 0) is 20.7 Å². The van der Waals surface area contributed by atoms with Gasteiger partial charge in [0.25, 0.3) is 5.85 Å². The highest BCUT2D eigenvalue weighted by Crippen LogP contribution is 2.46. The van der Waals surface area contributed by atoms with Crippen molar-refractivity contribution < 1.29 is 43.6 Å². The fraction of sp³-hybridized carbons (Fsp3) is 0.333. The number of carboxylic acids is 1. The molecule has 1 aromatic heterocycles. The van der Waals surface area contributed by atoms with E-state index in [0.717, 1.165) is 0 Å². The summed E-state index contributed by atoms with van der Waals surface area (Å²) in [7, 11) is -5.13. The molecule has 2 atom stereocenters. The van der Waals surface area contributed by atoms with Gasteiger partial charge in [-0.2, -0.15) is 0 Å². The number of furan rings is 1. The Morgan fingerprint density at radius 1 is 1.46 bits per heavy atom. The first-order valence-corrected chi connectivity index (χ1v) is 9.50. The molecule has 0 aliphatic carbocycles. The molecule has 154 valence electrons. The topological polar surface area (TPSA) is 223 Å². The Labute approximate surface area is 161 Å². The molecule has 0 radical (unpaired) electrons. The maximum atomic E-state index is 11.2. The molecule has 0 amide bonds. The van der Waals surface area contributed by atoms with Gasteiger partial charge in [-0.25, -0.2) is 9.79 Å². The summed E-state index contributed by atoms with van der Waals surface area (Å²) in [5.74, 6) is -6.47. The number of anilines is 1. The lowest BCUT2D eigenvalue weighted by Crippen LogP contribution is -2.46. The quantitative estimate of drug-likeness (QED) is 0.193. The molecule has 0 aromatic carbocycles. The molecule has 2 aliphatic heterocycles. The number of rotatable bonds is 6. The van der Waals surface area contributed by atoms with Crippen molar-refractivity contribution in [3.05, 3.63) is 17.3 Å². The van der Waals surface area contributed by atoms with Crippen molar-refractivity contribution in [1.82, 2.24) is 10.6 Å². The van der Waals surface area contributed by atoms with E-state index in [4.69, 9.17) is 36.6 Å². The molecular formula is C12H15ClN5O9P. The van der Waals surface area contributed by atoms with Gasteiger partial charge < -0.3 is 50.6 Å². The van der Waals surface area contributed by atoms with Crippen molar-refractivity contribution in [3.63, 3.8) is 0 Å². The number of amidine groups is 1. The van der Waals surface area contributed by atoms with E-state index in [9.17, 15) is 19.6 Å². The number of aliphatic carboxylic acids is 1. The number of ether oxygens (including phenoxy) is 1. The number of halogens is 1. The van der Waals surface area contributed by atoms with Gasteiger partial charge in [-0.3, -0.25) is 9.46 Å². The van der Waals surface area contributed by atoms with Crippen molar-refractivity contribution >= 4 is 36.3 Å². The van der Waals surface area contributed by atoms with Crippen LogP contribution in [0.4, 0.5) is 5.88 Å². The van der Waals surface area contributed by atoms with E-state index in [0.29, 0.717) is 5.70 Å². The number of carbonyl (C=O) groups is 1. The highest BCUT2D eigenvalue weighted by Gasteiger charge is 2.40. The molecule has 9 N–H and O–H groups in total. The summed E-state index contributed by atoms with van der Waals surface area (Å²) >= 11 is 5.84. The number of hydrogen-bond acceptors (Lipinski definition) is 11. The number of nitrogens with two attached hydrogens (primary N) is 1. The second kappa shape index (κ2) is 7.07. The lowest BCUT2D eigenvalue weighted by Gasteiger charge is -2.26. The Morgan fingerprint density at radius 3 is 2.75 bits per heavy atom. The predicted octanol–water partition coefficient (Wildman–Crippen LogP) is -1.19. The summed E-state index contributed by atoms with van der Waals surface area (Å²) in [5.41, 5.74) is 6.20. The van der Waals surface area contributed by atoms with Gasteiger partial charge in [-0.15, -0.1) is 0 Å². The average Bonchev–Trinajstić information content (AvgIpc) is 3.09. The monoisotopic (exact) mass is 439 g/mol. The van der Waals surface area contributed by atoms with E-state index in [1.54, 1.807) is 0 Å². The smallest absolute Gasteiger partial charge is 0.365 e. The van der Waals surface area contributed by atoms with Crippen LogP contribution < -0.4 is 21.3 Å². The molecule has 14 nitrogen and oxygen atoms in total. The predicted molar refractivity (Wildman–Crippen MR) is 92.2 cm³/mol. The van der Waals surface area contributed by atoms with Crippen molar-refractivity contribution in [2.24, 2.45) is 10.7 Å². The Kier molecular flexibility index (Phi) is 5.08. The molecule has 0 unspecified atom stereocenters. The second-order valence-electron chi connectivity index (χ2n) is 5.67.